The molecule has 0 aliphatic rings. The smallest absolute Gasteiger partial charge is 0.338 e. The molecule has 0 saturated heterocycles. The first-order valence-electron chi connectivity index (χ1n) is 10.7. The predicted octanol–water partition coefficient (Wildman–Crippen LogP) is 4.67. The number of hydrogen-bond acceptors (Lipinski definition) is 6. The summed E-state index contributed by atoms with van der Waals surface area (Å²) in [5.74, 6) is -0.836. The number of aryl methyl sites for hydroxylation is 1. The van der Waals surface area contributed by atoms with Gasteiger partial charge in [0.15, 0.2) is 0 Å². The Morgan fingerprint density at radius 3 is 2.37 bits per heavy atom. The monoisotopic (exact) mass is 516 g/mol. The van der Waals surface area contributed by atoms with Crippen molar-refractivity contribution < 1.29 is 27.5 Å². The zero-order chi connectivity index (χ0) is 25.6. The van der Waals surface area contributed by atoms with Crippen LogP contribution in [0.4, 0.5) is 11.4 Å². The molecule has 0 atom stereocenters. The van der Waals surface area contributed by atoms with E-state index in [9.17, 15) is 18.0 Å². The van der Waals surface area contributed by atoms with Crippen LogP contribution in [-0.4, -0.2) is 40.6 Å². The third kappa shape index (κ3) is 6.12. The second kappa shape index (κ2) is 11.2. The zero-order valence-corrected chi connectivity index (χ0v) is 21.0. The quantitative estimate of drug-likeness (QED) is 0.415. The number of anilines is 2. The molecule has 0 heterocycles. The molecule has 3 rings (SSSR count). The average Bonchev–Trinajstić information content (AvgIpc) is 2.84. The molecule has 0 bridgehead atoms. The Kier molecular flexibility index (Phi) is 8.37. The number of halogens is 1. The fourth-order valence-corrected chi connectivity index (χ4v) is 4.95. The highest BCUT2D eigenvalue weighted by Crippen LogP contribution is 2.35. The number of ether oxygens (including phenoxy) is 2. The molecule has 184 valence electrons. The molecule has 0 aliphatic carbocycles. The first-order valence-corrected chi connectivity index (χ1v) is 12.5. The topological polar surface area (TPSA) is 102 Å². The van der Waals surface area contributed by atoms with E-state index < -0.39 is 28.4 Å². The van der Waals surface area contributed by atoms with Crippen LogP contribution in [0.2, 0.25) is 5.02 Å². The molecular formula is C25H25ClN2O6S. The Hall–Kier alpha value is -3.56. The zero-order valence-electron chi connectivity index (χ0n) is 19.4. The fraction of sp³-hybridized carbons (Fsp3) is 0.200. The summed E-state index contributed by atoms with van der Waals surface area (Å²) in [6.07, 6.45) is 0. The number of benzene rings is 3. The molecule has 0 aliphatic heterocycles. The van der Waals surface area contributed by atoms with Gasteiger partial charge in [0.2, 0.25) is 5.91 Å². The highest BCUT2D eigenvalue weighted by molar-refractivity contribution is 7.92. The van der Waals surface area contributed by atoms with Gasteiger partial charge in [-0.2, -0.15) is 0 Å². The van der Waals surface area contributed by atoms with Gasteiger partial charge >= 0.3 is 5.97 Å². The number of nitrogens with one attached hydrogen (secondary N) is 1. The van der Waals surface area contributed by atoms with Gasteiger partial charge in [0, 0.05) is 10.7 Å². The molecule has 0 spiro atoms. The van der Waals surface area contributed by atoms with Crippen LogP contribution in [-0.2, 0) is 19.6 Å². The molecule has 0 saturated carbocycles. The molecule has 10 heteroatoms. The van der Waals surface area contributed by atoms with E-state index in [2.05, 4.69) is 5.32 Å². The molecule has 35 heavy (non-hydrogen) atoms. The Bertz CT molecular complexity index is 1330. The lowest BCUT2D eigenvalue weighted by atomic mass is 10.1. The number of amides is 1. The van der Waals surface area contributed by atoms with Crippen LogP contribution >= 0.6 is 11.6 Å². The van der Waals surface area contributed by atoms with Gasteiger partial charge in [-0.05, 0) is 67.9 Å². The Labute approximate surface area is 209 Å². The molecule has 0 unspecified atom stereocenters. The number of sulfonamides is 1. The van der Waals surface area contributed by atoms with Crippen LogP contribution in [0, 0.1) is 6.92 Å². The van der Waals surface area contributed by atoms with Crippen molar-refractivity contribution in [1.29, 1.82) is 0 Å². The minimum Gasteiger partial charge on any atom is -0.495 e. The van der Waals surface area contributed by atoms with Crippen LogP contribution in [0.3, 0.4) is 0 Å². The summed E-state index contributed by atoms with van der Waals surface area (Å²) in [6.45, 7) is 3.13. The maximum atomic E-state index is 13.5. The molecular weight excluding hydrogens is 492 g/mol. The maximum absolute atomic E-state index is 13.5. The molecule has 0 aromatic heterocycles. The molecule has 3 aromatic rings. The minimum absolute atomic E-state index is 0.00444. The van der Waals surface area contributed by atoms with Crippen molar-refractivity contribution in [3.8, 4) is 5.75 Å². The van der Waals surface area contributed by atoms with E-state index in [0.29, 0.717) is 16.8 Å². The van der Waals surface area contributed by atoms with Gasteiger partial charge in [0.25, 0.3) is 10.0 Å². The Morgan fingerprint density at radius 1 is 1.03 bits per heavy atom. The van der Waals surface area contributed by atoms with Gasteiger partial charge in [0.05, 0.1) is 29.9 Å². The molecule has 0 radical (unpaired) electrons. The lowest BCUT2D eigenvalue weighted by Crippen LogP contribution is -2.38. The number of methoxy groups -OCH3 is 1. The highest BCUT2D eigenvalue weighted by atomic mass is 35.5. The van der Waals surface area contributed by atoms with Crippen LogP contribution in [0.25, 0.3) is 0 Å². The van der Waals surface area contributed by atoms with Gasteiger partial charge in [-0.25, -0.2) is 13.2 Å². The summed E-state index contributed by atoms with van der Waals surface area (Å²) in [6, 6.07) is 17.0. The summed E-state index contributed by atoms with van der Waals surface area (Å²) in [4.78, 5) is 25.0. The average molecular weight is 517 g/mol. The largest absolute Gasteiger partial charge is 0.495 e. The third-order valence-corrected chi connectivity index (χ3v) is 7.05. The van der Waals surface area contributed by atoms with E-state index in [1.165, 1.54) is 37.4 Å². The number of rotatable bonds is 9. The second-order valence-electron chi connectivity index (χ2n) is 7.44. The fourth-order valence-electron chi connectivity index (χ4n) is 3.34. The van der Waals surface area contributed by atoms with E-state index in [-0.39, 0.29) is 28.0 Å². The van der Waals surface area contributed by atoms with Gasteiger partial charge < -0.3 is 14.8 Å². The van der Waals surface area contributed by atoms with E-state index in [1.807, 2.05) is 0 Å². The van der Waals surface area contributed by atoms with E-state index >= 15 is 0 Å². The number of carbonyl (C=O) groups is 2. The van der Waals surface area contributed by atoms with Gasteiger partial charge in [-0.3, -0.25) is 9.10 Å². The van der Waals surface area contributed by atoms with Gasteiger partial charge in [0.1, 0.15) is 12.3 Å². The number of esters is 1. The van der Waals surface area contributed by atoms with Crippen molar-refractivity contribution in [2.24, 2.45) is 0 Å². The number of hydrogen-bond donors (Lipinski definition) is 1. The van der Waals surface area contributed by atoms with Gasteiger partial charge in [-0.1, -0.05) is 29.8 Å². The molecule has 1 amide bonds. The van der Waals surface area contributed by atoms with Crippen LogP contribution in [0.1, 0.15) is 22.8 Å². The summed E-state index contributed by atoms with van der Waals surface area (Å²) in [5, 5.41) is 2.99. The van der Waals surface area contributed by atoms with Crippen molar-refractivity contribution in [1.82, 2.24) is 0 Å². The summed E-state index contributed by atoms with van der Waals surface area (Å²) in [7, 11) is -2.76. The second-order valence-corrected chi connectivity index (χ2v) is 9.74. The van der Waals surface area contributed by atoms with E-state index in [1.54, 1.807) is 50.2 Å². The molecule has 8 nitrogen and oxygen atoms in total. The normalized spacial score (nSPS) is 11.0. The number of nitrogens with zero attached hydrogens (tertiary/aromatic N) is 1. The minimum atomic E-state index is -4.15. The first-order chi connectivity index (χ1) is 16.7. The SMILES string of the molecule is CCOC(=O)c1ccc(NC(=O)CN(c2cc(Cl)ccc2OC)S(=O)(=O)c2ccccc2)c(C)c1. The molecule has 3 aromatic carbocycles. The standard InChI is InChI=1S/C25H25ClN2O6S/c1-4-34-25(30)18-10-12-21(17(2)14-18)27-24(29)16-28(22-15-19(26)11-13-23(22)33-3)35(31,32)20-8-6-5-7-9-20/h5-15H,4,16H2,1-3H3,(H,27,29). The van der Waals surface area contributed by atoms with Crippen LogP contribution in [0.15, 0.2) is 71.6 Å². The highest BCUT2D eigenvalue weighted by Gasteiger charge is 2.30. The lowest BCUT2D eigenvalue weighted by molar-refractivity contribution is -0.114. The summed E-state index contributed by atoms with van der Waals surface area (Å²) >= 11 is 6.15. The van der Waals surface area contributed by atoms with Crippen molar-refractivity contribution in [3.05, 3.63) is 82.9 Å². The van der Waals surface area contributed by atoms with Crippen molar-refractivity contribution in [2.45, 2.75) is 18.7 Å². The molecule has 1 N–H and O–H groups in total. The maximum Gasteiger partial charge on any atom is 0.338 e. The van der Waals surface area contributed by atoms with Gasteiger partial charge in [-0.15, -0.1) is 0 Å². The first kappa shape index (κ1) is 26.1. The Morgan fingerprint density at radius 2 is 1.74 bits per heavy atom. The predicted molar refractivity (Wildman–Crippen MR) is 135 cm³/mol. The summed E-state index contributed by atoms with van der Waals surface area (Å²) in [5.41, 5.74) is 1.51. The van der Waals surface area contributed by atoms with Crippen molar-refractivity contribution >= 4 is 44.9 Å². The lowest BCUT2D eigenvalue weighted by Gasteiger charge is -2.26. The van der Waals surface area contributed by atoms with Crippen molar-refractivity contribution in [2.75, 3.05) is 29.9 Å². The van der Waals surface area contributed by atoms with Crippen LogP contribution in [0.5, 0.6) is 5.75 Å². The van der Waals surface area contributed by atoms with Crippen LogP contribution < -0.4 is 14.4 Å². The number of carbonyl (C=O) groups excluding carboxylic acids is 2. The molecule has 0 fully saturated rings. The Balaban J connectivity index is 1.95. The van der Waals surface area contributed by atoms with Crippen molar-refractivity contribution in [3.63, 3.8) is 0 Å². The third-order valence-electron chi connectivity index (χ3n) is 5.04. The van der Waals surface area contributed by atoms with E-state index in [4.69, 9.17) is 21.1 Å². The summed E-state index contributed by atoms with van der Waals surface area (Å²) < 4.78 is 38.4. The van der Waals surface area contributed by atoms with E-state index in [0.717, 1.165) is 4.31 Å².